The van der Waals surface area contributed by atoms with E-state index in [1.54, 1.807) is 0 Å². The molecule has 0 heterocycles. The molecule has 0 aliphatic heterocycles. The van der Waals surface area contributed by atoms with E-state index in [-0.39, 0.29) is 17.5 Å². The molecule has 0 saturated carbocycles. The predicted octanol–water partition coefficient (Wildman–Crippen LogP) is 3.01. The van der Waals surface area contributed by atoms with E-state index < -0.39 is 0 Å². The summed E-state index contributed by atoms with van der Waals surface area (Å²) in [5.41, 5.74) is 0.0268. The van der Waals surface area contributed by atoms with Gasteiger partial charge in [0.2, 0.25) is 0 Å². The largest absolute Gasteiger partial charge is 0.462 e. The van der Waals surface area contributed by atoms with Crippen LogP contribution in [0.25, 0.3) is 0 Å². The molecule has 0 N–H and O–H groups in total. The van der Waals surface area contributed by atoms with E-state index in [9.17, 15) is 4.79 Å². The van der Waals surface area contributed by atoms with Crippen LogP contribution in [-0.2, 0) is 9.53 Å². The molecule has 0 bridgehead atoms. The van der Waals surface area contributed by atoms with Crippen molar-refractivity contribution in [3.05, 3.63) is 0 Å². The van der Waals surface area contributed by atoms with Crippen LogP contribution in [0.3, 0.4) is 0 Å². The van der Waals surface area contributed by atoms with Gasteiger partial charge in [-0.05, 0) is 11.3 Å². The molecule has 2 nitrogen and oxygen atoms in total. The first-order chi connectivity index (χ1) is 5.79. The van der Waals surface area contributed by atoms with Gasteiger partial charge in [-0.15, -0.1) is 0 Å². The Labute approximate surface area is 81.7 Å². The topological polar surface area (TPSA) is 26.3 Å². The van der Waals surface area contributed by atoms with Crippen LogP contribution in [0.1, 0.15) is 48.0 Å². The van der Waals surface area contributed by atoms with E-state index in [1.807, 2.05) is 6.92 Å². The number of esters is 1. The molecule has 0 aliphatic rings. The van der Waals surface area contributed by atoms with E-state index in [1.165, 1.54) is 0 Å². The summed E-state index contributed by atoms with van der Waals surface area (Å²) in [6.45, 7) is 12.3. The Balaban J connectivity index is 4.36. The Morgan fingerprint density at radius 1 is 1.31 bits per heavy atom. The fraction of sp³-hybridized carbons (Fsp3) is 0.909. The van der Waals surface area contributed by atoms with Crippen molar-refractivity contribution in [1.82, 2.24) is 0 Å². The molecule has 0 saturated heterocycles. The molecule has 13 heavy (non-hydrogen) atoms. The second-order valence-electron chi connectivity index (χ2n) is 4.87. The molecule has 2 heteroatoms. The standard InChI is InChI=1S/C11H22O2/c1-7-9(12)13-10(8(2)3)11(4,5)6/h8,10H,7H2,1-6H3. The van der Waals surface area contributed by atoms with Crippen LogP contribution in [0.4, 0.5) is 0 Å². The Kier molecular flexibility index (Phi) is 4.45. The van der Waals surface area contributed by atoms with Gasteiger partial charge in [-0.25, -0.2) is 0 Å². The predicted molar refractivity (Wildman–Crippen MR) is 54.5 cm³/mol. The van der Waals surface area contributed by atoms with Crippen molar-refractivity contribution in [1.29, 1.82) is 0 Å². The van der Waals surface area contributed by atoms with E-state index in [0.29, 0.717) is 12.3 Å². The quantitative estimate of drug-likeness (QED) is 0.633. The molecule has 0 aliphatic carbocycles. The van der Waals surface area contributed by atoms with Crippen LogP contribution in [-0.4, -0.2) is 12.1 Å². The van der Waals surface area contributed by atoms with Crippen LogP contribution in [0.15, 0.2) is 0 Å². The Bertz CT molecular complexity index is 165. The highest BCUT2D eigenvalue weighted by Gasteiger charge is 2.30. The number of hydrogen-bond donors (Lipinski definition) is 0. The van der Waals surface area contributed by atoms with Crippen LogP contribution >= 0.6 is 0 Å². The number of hydrogen-bond acceptors (Lipinski definition) is 2. The number of rotatable bonds is 3. The van der Waals surface area contributed by atoms with Gasteiger partial charge in [-0.1, -0.05) is 41.5 Å². The molecule has 0 fully saturated rings. The minimum Gasteiger partial charge on any atom is -0.462 e. The number of carbonyl (C=O) groups is 1. The van der Waals surface area contributed by atoms with E-state index in [4.69, 9.17) is 4.74 Å². The number of carbonyl (C=O) groups excluding carboxylic acids is 1. The van der Waals surface area contributed by atoms with Gasteiger partial charge in [0.15, 0.2) is 0 Å². The molecule has 0 aromatic heterocycles. The SMILES string of the molecule is CCC(=O)OC(C(C)C)C(C)(C)C. The molecule has 0 rings (SSSR count). The minimum absolute atomic E-state index is 0.0138. The molecule has 0 radical (unpaired) electrons. The maximum absolute atomic E-state index is 11.2. The van der Waals surface area contributed by atoms with Crippen molar-refractivity contribution in [3.8, 4) is 0 Å². The molecular weight excluding hydrogens is 164 g/mol. The summed E-state index contributed by atoms with van der Waals surface area (Å²) >= 11 is 0. The molecular formula is C11H22O2. The van der Waals surface area contributed by atoms with Gasteiger partial charge in [-0.3, -0.25) is 4.79 Å². The summed E-state index contributed by atoms with van der Waals surface area (Å²) in [5.74, 6) is 0.268. The third-order valence-corrected chi connectivity index (χ3v) is 2.01. The van der Waals surface area contributed by atoms with E-state index in [0.717, 1.165) is 0 Å². The first kappa shape index (κ1) is 12.5. The van der Waals surface area contributed by atoms with Crippen molar-refractivity contribution in [2.24, 2.45) is 11.3 Å². The first-order valence-corrected chi connectivity index (χ1v) is 4.98. The summed E-state index contributed by atoms with van der Waals surface area (Å²) in [4.78, 5) is 11.2. The average Bonchev–Trinajstić information content (AvgIpc) is 1.96. The average molecular weight is 186 g/mol. The smallest absolute Gasteiger partial charge is 0.305 e. The van der Waals surface area contributed by atoms with Crippen molar-refractivity contribution in [3.63, 3.8) is 0 Å². The van der Waals surface area contributed by atoms with Crippen LogP contribution in [0.2, 0.25) is 0 Å². The normalized spacial score (nSPS) is 14.4. The highest BCUT2D eigenvalue weighted by atomic mass is 16.5. The highest BCUT2D eigenvalue weighted by molar-refractivity contribution is 5.69. The zero-order valence-corrected chi connectivity index (χ0v) is 9.68. The lowest BCUT2D eigenvalue weighted by molar-refractivity contribution is -0.157. The van der Waals surface area contributed by atoms with E-state index in [2.05, 4.69) is 34.6 Å². The zero-order valence-electron chi connectivity index (χ0n) is 9.68. The van der Waals surface area contributed by atoms with Gasteiger partial charge >= 0.3 is 5.97 Å². The summed E-state index contributed by atoms with van der Waals surface area (Å²) in [6, 6.07) is 0. The summed E-state index contributed by atoms with van der Waals surface area (Å²) in [7, 11) is 0. The number of ether oxygens (including phenoxy) is 1. The van der Waals surface area contributed by atoms with Gasteiger partial charge in [0.1, 0.15) is 6.10 Å². The molecule has 0 aromatic rings. The van der Waals surface area contributed by atoms with Gasteiger partial charge in [0.05, 0.1) is 0 Å². The van der Waals surface area contributed by atoms with Crippen molar-refractivity contribution < 1.29 is 9.53 Å². The van der Waals surface area contributed by atoms with Gasteiger partial charge in [0, 0.05) is 6.42 Å². The summed E-state index contributed by atoms with van der Waals surface area (Å²) in [5, 5.41) is 0. The van der Waals surface area contributed by atoms with Crippen molar-refractivity contribution in [2.75, 3.05) is 0 Å². The van der Waals surface area contributed by atoms with Crippen LogP contribution < -0.4 is 0 Å². The molecule has 0 amide bonds. The monoisotopic (exact) mass is 186 g/mol. The molecule has 0 spiro atoms. The lowest BCUT2D eigenvalue weighted by Crippen LogP contribution is -2.35. The van der Waals surface area contributed by atoms with Crippen molar-refractivity contribution in [2.45, 2.75) is 54.1 Å². The molecule has 1 unspecified atom stereocenters. The maximum Gasteiger partial charge on any atom is 0.305 e. The second-order valence-corrected chi connectivity index (χ2v) is 4.87. The van der Waals surface area contributed by atoms with Crippen molar-refractivity contribution >= 4 is 5.97 Å². The fourth-order valence-corrected chi connectivity index (χ4v) is 1.54. The molecule has 1 atom stereocenters. The summed E-state index contributed by atoms with van der Waals surface area (Å²) < 4.78 is 5.39. The Morgan fingerprint density at radius 2 is 1.77 bits per heavy atom. The lowest BCUT2D eigenvalue weighted by Gasteiger charge is -2.33. The highest BCUT2D eigenvalue weighted by Crippen LogP contribution is 2.28. The van der Waals surface area contributed by atoms with Crippen LogP contribution in [0.5, 0.6) is 0 Å². The van der Waals surface area contributed by atoms with Gasteiger partial charge < -0.3 is 4.74 Å². The molecule has 78 valence electrons. The fourth-order valence-electron chi connectivity index (χ4n) is 1.54. The minimum atomic E-state index is -0.103. The Morgan fingerprint density at radius 3 is 2.00 bits per heavy atom. The van der Waals surface area contributed by atoms with E-state index >= 15 is 0 Å². The molecule has 0 aromatic carbocycles. The second kappa shape index (κ2) is 4.64. The van der Waals surface area contributed by atoms with Gasteiger partial charge in [0.25, 0.3) is 0 Å². The third-order valence-electron chi connectivity index (χ3n) is 2.01. The maximum atomic E-state index is 11.2. The summed E-state index contributed by atoms with van der Waals surface area (Å²) in [6.07, 6.45) is 0.471. The Hall–Kier alpha value is -0.530. The zero-order chi connectivity index (χ0) is 10.6. The van der Waals surface area contributed by atoms with Gasteiger partial charge in [-0.2, -0.15) is 0 Å². The first-order valence-electron chi connectivity index (χ1n) is 4.98. The van der Waals surface area contributed by atoms with Crippen LogP contribution in [0, 0.1) is 11.3 Å². The lowest BCUT2D eigenvalue weighted by atomic mass is 9.82. The third kappa shape index (κ3) is 4.30.